The zero-order valence-electron chi connectivity index (χ0n) is 20.6. The van der Waals surface area contributed by atoms with Crippen LogP contribution in [0.1, 0.15) is 17.3 Å². The summed E-state index contributed by atoms with van der Waals surface area (Å²) in [6, 6.07) is 13.9. The maximum Gasteiger partial charge on any atom is 0.323 e. The maximum absolute atomic E-state index is 12.5. The summed E-state index contributed by atoms with van der Waals surface area (Å²) in [6.45, 7) is 6.52. The van der Waals surface area contributed by atoms with Crippen molar-refractivity contribution < 1.29 is 14.3 Å². The van der Waals surface area contributed by atoms with Gasteiger partial charge in [-0.05, 0) is 36.8 Å². The van der Waals surface area contributed by atoms with Crippen LogP contribution in [0, 0.1) is 0 Å². The van der Waals surface area contributed by atoms with Crippen LogP contribution in [0.3, 0.4) is 0 Å². The Labute approximate surface area is 214 Å². The van der Waals surface area contributed by atoms with Crippen LogP contribution in [0.15, 0.2) is 61.1 Å². The summed E-state index contributed by atoms with van der Waals surface area (Å²) in [4.78, 5) is 35.2. The van der Waals surface area contributed by atoms with Crippen LogP contribution >= 0.6 is 0 Å². The molecule has 1 saturated heterocycles. The molecule has 10 heteroatoms. The lowest BCUT2D eigenvalue weighted by Gasteiger charge is -2.26. The Bertz CT molecular complexity index is 1430. The molecule has 10 nitrogen and oxygen atoms in total. The number of urea groups is 1. The predicted octanol–water partition coefficient (Wildman–Crippen LogP) is 3.86. The summed E-state index contributed by atoms with van der Waals surface area (Å²) in [5, 5.41) is 6.39. The Balaban J connectivity index is 1.31. The molecule has 3 heterocycles. The maximum atomic E-state index is 12.5. The lowest BCUT2D eigenvalue weighted by Crippen LogP contribution is -2.38. The van der Waals surface area contributed by atoms with E-state index in [1.807, 2.05) is 24.3 Å². The molecule has 0 atom stereocenters. The van der Waals surface area contributed by atoms with E-state index in [4.69, 9.17) is 10.5 Å². The normalized spacial score (nSPS) is 14.0. The monoisotopic (exact) mass is 499 g/mol. The first-order valence-electron chi connectivity index (χ1n) is 12.2. The number of hydrogen-bond donors (Lipinski definition) is 3. The van der Waals surface area contributed by atoms with Crippen molar-refractivity contribution in [3.63, 3.8) is 0 Å². The highest BCUT2D eigenvalue weighted by Gasteiger charge is 2.17. The molecule has 2 amide bonds. The Kier molecular flexibility index (Phi) is 7.11. The number of carbonyl (C=O) groups is 2. The third-order valence-corrected chi connectivity index (χ3v) is 6.42. The van der Waals surface area contributed by atoms with E-state index in [-0.39, 0.29) is 5.78 Å². The van der Waals surface area contributed by atoms with Crippen molar-refractivity contribution in [1.29, 1.82) is 0 Å². The first kappa shape index (κ1) is 24.4. The minimum atomic E-state index is -0.397. The fraction of sp³-hybridized carbons (Fsp3) is 0.259. The number of benzene rings is 2. The number of aromatic nitrogens is 3. The third kappa shape index (κ3) is 5.60. The number of rotatable bonds is 7. The molecule has 4 aromatic rings. The average Bonchev–Trinajstić information content (AvgIpc) is 3.28. The van der Waals surface area contributed by atoms with Crippen LogP contribution in [0.4, 0.5) is 22.0 Å². The molecule has 2 aromatic heterocycles. The van der Waals surface area contributed by atoms with Gasteiger partial charge in [0, 0.05) is 54.9 Å². The van der Waals surface area contributed by atoms with E-state index in [1.54, 1.807) is 24.3 Å². The molecule has 37 heavy (non-hydrogen) atoms. The summed E-state index contributed by atoms with van der Waals surface area (Å²) in [5.41, 5.74) is 10.7. The number of nitrogens with two attached hydrogens (primary N) is 1. The highest BCUT2D eigenvalue weighted by atomic mass is 16.5. The van der Waals surface area contributed by atoms with Crippen LogP contribution in [0.5, 0.6) is 0 Å². The Hall–Kier alpha value is -4.28. The van der Waals surface area contributed by atoms with Gasteiger partial charge >= 0.3 is 6.03 Å². The predicted molar refractivity (Wildman–Crippen MR) is 144 cm³/mol. The molecule has 1 aliphatic rings. The number of amides is 2. The molecule has 5 rings (SSSR count). The van der Waals surface area contributed by atoms with Crippen LogP contribution in [-0.4, -0.2) is 64.1 Å². The quantitative estimate of drug-likeness (QED) is 0.330. The molecule has 1 aliphatic heterocycles. The first-order chi connectivity index (χ1) is 18.0. The molecule has 0 unspecified atom stereocenters. The standard InChI is InChI=1S/C27H29N7O3/c1-18(35)20-3-2-4-22(15-20)32-27(36)31-21-7-5-19(6-8-21)23-16-34(10-9-33-11-13-37-14-12-33)26-24(23)25(28)29-17-30-26/h2-8,15-17H,9-14H2,1H3,(H2,28,29,30)(H2,31,32,36). The molecule has 0 aliphatic carbocycles. The van der Waals surface area contributed by atoms with Gasteiger partial charge < -0.3 is 25.7 Å². The van der Waals surface area contributed by atoms with E-state index in [0.717, 1.165) is 61.6 Å². The SMILES string of the molecule is CC(=O)c1cccc(NC(=O)Nc2ccc(-c3cn(CCN4CCOCC4)c4ncnc(N)c34)cc2)c1. The van der Waals surface area contributed by atoms with Crippen molar-refractivity contribution in [2.75, 3.05) is 49.2 Å². The molecule has 0 saturated carbocycles. The second-order valence-electron chi connectivity index (χ2n) is 8.94. The van der Waals surface area contributed by atoms with E-state index < -0.39 is 6.03 Å². The van der Waals surface area contributed by atoms with Crippen molar-refractivity contribution in [2.24, 2.45) is 0 Å². The van der Waals surface area contributed by atoms with Gasteiger partial charge in [-0.15, -0.1) is 0 Å². The molecule has 190 valence electrons. The smallest absolute Gasteiger partial charge is 0.323 e. The van der Waals surface area contributed by atoms with Gasteiger partial charge in [-0.1, -0.05) is 24.3 Å². The van der Waals surface area contributed by atoms with Gasteiger partial charge in [-0.25, -0.2) is 14.8 Å². The zero-order valence-corrected chi connectivity index (χ0v) is 20.6. The molecular formula is C27H29N7O3. The largest absolute Gasteiger partial charge is 0.383 e. The summed E-state index contributed by atoms with van der Waals surface area (Å²) in [7, 11) is 0. The number of fused-ring (bicyclic) bond motifs is 1. The van der Waals surface area contributed by atoms with Crippen molar-refractivity contribution in [2.45, 2.75) is 13.5 Å². The van der Waals surface area contributed by atoms with Gasteiger partial charge in [0.25, 0.3) is 0 Å². The lowest BCUT2D eigenvalue weighted by molar-refractivity contribution is 0.0365. The fourth-order valence-corrected chi connectivity index (χ4v) is 4.45. The van der Waals surface area contributed by atoms with Gasteiger partial charge in [0.2, 0.25) is 0 Å². The summed E-state index contributed by atoms with van der Waals surface area (Å²) in [5.74, 6) is 0.368. The lowest BCUT2D eigenvalue weighted by atomic mass is 10.1. The topological polar surface area (TPSA) is 127 Å². The zero-order chi connectivity index (χ0) is 25.8. The van der Waals surface area contributed by atoms with E-state index >= 15 is 0 Å². The number of nitrogens with one attached hydrogen (secondary N) is 2. The average molecular weight is 500 g/mol. The molecule has 4 N–H and O–H groups in total. The number of Topliss-reactive ketones (excluding diaryl/α,β-unsaturated/α-hetero) is 1. The van der Waals surface area contributed by atoms with E-state index in [1.165, 1.54) is 13.3 Å². The summed E-state index contributed by atoms with van der Waals surface area (Å²) >= 11 is 0. The second kappa shape index (κ2) is 10.8. The van der Waals surface area contributed by atoms with E-state index in [0.29, 0.717) is 22.8 Å². The molecule has 1 fully saturated rings. The van der Waals surface area contributed by atoms with Crippen molar-refractivity contribution >= 4 is 40.0 Å². The molecule has 0 bridgehead atoms. The first-order valence-corrected chi connectivity index (χ1v) is 12.2. The molecule has 2 aromatic carbocycles. The second-order valence-corrected chi connectivity index (χ2v) is 8.94. The van der Waals surface area contributed by atoms with Crippen LogP contribution in [0.2, 0.25) is 0 Å². The highest BCUT2D eigenvalue weighted by molar-refractivity contribution is 6.03. The van der Waals surface area contributed by atoms with Crippen LogP contribution < -0.4 is 16.4 Å². The molecular weight excluding hydrogens is 470 g/mol. The van der Waals surface area contributed by atoms with E-state index in [9.17, 15) is 9.59 Å². The van der Waals surface area contributed by atoms with Crippen molar-refractivity contribution in [3.05, 3.63) is 66.6 Å². The number of ketones is 1. The number of carbonyl (C=O) groups excluding carboxylic acids is 2. The molecule has 0 radical (unpaired) electrons. The van der Waals surface area contributed by atoms with Crippen molar-refractivity contribution in [1.82, 2.24) is 19.4 Å². The highest BCUT2D eigenvalue weighted by Crippen LogP contribution is 2.33. The Morgan fingerprint density at radius 1 is 1.00 bits per heavy atom. The number of nitrogen functional groups attached to an aromatic ring is 1. The van der Waals surface area contributed by atoms with Gasteiger partial charge in [0.1, 0.15) is 17.8 Å². The van der Waals surface area contributed by atoms with Crippen LogP contribution in [0.25, 0.3) is 22.2 Å². The van der Waals surface area contributed by atoms with Gasteiger partial charge in [-0.3, -0.25) is 9.69 Å². The number of nitrogens with zero attached hydrogens (tertiary/aromatic N) is 4. The summed E-state index contributed by atoms with van der Waals surface area (Å²) in [6.07, 6.45) is 3.55. The van der Waals surface area contributed by atoms with Crippen molar-refractivity contribution in [3.8, 4) is 11.1 Å². The Morgan fingerprint density at radius 2 is 1.76 bits per heavy atom. The number of ether oxygens (including phenoxy) is 1. The molecule has 0 spiro atoms. The minimum absolute atomic E-state index is 0.0619. The van der Waals surface area contributed by atoms with Crippen LogP contribution in [-0.2, 0) is 11.3 Å². The van der Waals surface area contributed by atoms with Gasteiger partial charge in [0.15, 0.2) is 5.78 Å². The van der Waals surface area contributed by atoms with E-state index in [2.05, 4.69) is 36.3 Å². The third-order valence-electron chi connectivity index (χ3n) is 6.42. The summed E-state index contributed by atoms with van der Waals surface area (Å²) < 4.78 is 7.57. The van der Waals surface area contributed by atoms with Gasteiger partial charge in [-0.2, -0.15) is 0 Å². The fourth-order valence-electron chi connectivity index (χ4n) is 4.45. The van der Waals surface area contributed by atoms with Gasteiger partial charge in [0.05, 0.1) is 18.6 Å². The number of morpholine rings is 1. The minimum Gasteiger partial charge on any atom is -0.383 e. The number of anilines is 3. The number of hydrogen-bond acceptors (Lipinski definition) is 7. The Morgan fingerprint density at radius 3 is 2.51 bits per heavy atom.